The molecule has 0 unspecified atom stereocenters. The fraction of sp³-hybridized carbons (Fsp3) is 0.579. The maximum absolute atomic E-state index is 15.4. The van der Waals surface area contributed by atoms with Gasteiger partial charge in [-0.05, 0) is 98.3 Å². The van der Waals surface area contributed by atoms with Crippen LogP contribution in [-0.4, -0.2) is 33.8 Å². The van der Waals surface area contributed by atoms with Gasteiger partial charge in [-0.1, -0.05) is 79.1 Å². The minimum atomic E-state index is -2.04. The van der Waals surface area contributed by atoms with Crippen LogP contribution < -0.4 is 0 Å². The van der Waals surface area contributed by atoms with Gasteiger partial charge in [0, 0.05) is 11.5 Å². The smallest absolute Gasteiger partial charge is 0.184 e. The number of rotatable bonds is 10. The van der Waals surface area contributed by atoms with Crippen LogP contribution in [0.25, 0.3) is 0 Å². The van der Waals surface area contributed by atoms with Gasteiger partial charge in [0.05, 0.1) is 16.4 Å². The van der Waals surface area contributed by atoms with Crippen LogP contribution in [0.1, 0.15) is 111 Å². The second-order valence-corrected chi connectivity index (χ2v) is 15.1. The number of benzene rings is 1. The summed E-state index contributed by atoms with van der Waals surface area (Å²) in [6.07, 6.45) is 8.56. The SMILES string of the molecule is CC(C)=CCC/C(C)=C/C[C@]12C[C@@H]3C[C@@H](C(C)(C)O)[C@](CC=C(C)C)(C1=O)C(=O)[C@](C(=O)c1ccccc1)(C2=O)C3(C)C. The summed E-state index contributed by atoms with van der Waals surface area (Å²) in [7, 11) is 0. The maximum Gasteiger partial charge on any atom is 0.184 e. The highest BCUT2D eigenvalue weighted by atomic mass is 16.3. The predicted molar refractivity (Wildman–Crippen MR) is 170 cm³/mol. The molecule has 0 amide bonds. The third-order valence-electron chi connectivity index (χ3n) is 11.0. The Morgan fingerprint density at radius 3 is 2.05 bits per heavy atom. The van der Waals surface area contributed by atoms with Gasteiger partial charge in [-0.3, -0.25) is 19.2 Å². The van der Waals surface area contributed by atoms with Crippen molar-refractivity contribution < 1.29 is 24.3 Å². The van der Waals surface area contributed by atoms with Crippen LogP contribution in [0.15, 0.2) is 65.3 Å². The van der Waals surface area contributed by atoms with Crippen LogP contribution in [0.4, 0.5) is 0 Å². The molecular formula is C38H50O5. The molecule has 4 aliphatic carbocycles. The predicted octanol–water partition coefficient (Wildman–Crippen LogP) is 7.83. The molecule has 232 valence electrons. The van der Waals surface area contributed by atoms with E-state index in [9.17, 15) is 9.90 Å². The summed E-state index contributed by atoms with van der Waals surface area (Å²) < 4.78 is 0. The molecule has 0 aliphatic heterocycles. The Bertz CT molecular complexity index is 1410. The average Bonchev–Trinajstić information content (AvgIpc) is 3.05. The van der Waals surface area contributed by atoms with Crippen LogP contribution in [-0.2, 0) is 14.4 Å². The van der Waals surface area contributed by atoms with Gasteiger partial charge in [-0.2, -0.15) is 0 Å². The number of Topliss-reactive ketones (excluding diaryl/α,β-unsaturated/α-hetero) is 4. The average molecular weight is 587 g/mol. The molecule has 1 N–H and O–H groups in total. The molecule has 5 atom stereocenters. The Morgan fingerprint density at radius 2 is 1.49 bits per heavy atom. The lowest BCUT2D eigenvalue weighted by Crippen LogP contribution is -2.76. The van der Waals surface area contributed by atoms with Gasteiger partial charge in [0.15, 0.2) is 28.5 Å². The lowest BCUT2D eigenvalue weighted by Gasteiger charge is -2.60. The topological polar surface area (TPSA) is 88.5 Å². The molecule has 0 heterocycles. The molecule has 0 aromatic heterocycles. The van der Waals surface area contributed by atoms with Gasteiger partial charge in [0.25, 0.3) is 0 Å². The van der Waals surface area contributed by atoms with E-state index >= 15 is 14.4 Å². The third kappa shape index (κ3) is 4.87. The van der Waals surface area contributed by atoms with Gasteiger partial charge in [0.2, 0.25) is 0 Å². The second-order valence-electron chi connectivity index (χ2n) is 15.1. The second kappa shape index (κ2) is 11.2. The first-order valence-corrected chi connectivity index (χ1v) is 15.8. The quantitative estimate of drug-likeness (QED) is 0.171. The zero-order valence-electron chi connectivity index (χ0n) is 27.6. The fourth-order valence-corrected chi connectivity index (χ4v) is 8.56. The highest BCUT2D eigenvalue weighted by Crippen LogP contribution is 2.72. The number of fused-ring (bicyclic) bond motifs is 1. The minimum Gasteiger partial charge on any atom is -0.390 e. The van der Waals surface area contributed by atoms with Crippen molar-refractivity contribution >= 4 is 23.1 Å². The van der Waals surface area contributed by atoms with E-state index in [-0.39, 0.29) is 25.2 Å². The molecule has 4 saturated carbocycles. The fourth-order valence-electron chi connectivity index (χ4n) is 8.56. The van der Waals surface area contributed by atoms with Crippen LogP contribution in [0.3, 0.4) is 0 Å². The summed E-state index contributed by atoms with van der Waals surface area (Å²) in [5.74, 6) is -3.12. The lowest BCUT2D eigenvalue weighted by molar-refractivity contribution is -0.184. The molecule has 4 aliphatic rings. The summed E-state index contributed by atoms with van der Waals surface area (Å²) in [5, 5.41) is 11.7. The Morgan fingerprint density at radius 1 is 0.884 bits per heavy atom. The molecule has 0 spiro atoms. The van der Waals surface area contributed by atoms with Crippen LogP contribution >= 0.6 is 0 Å². The molecule has 0 radical (unpaired) electrons. The van der Waals surface area contributed by atoms with Crippen molar-refractivity contribution in [3.05, 3.63) is 70.8 Å². The largest absolute Gasteiger partial charge is 0.390 e. The monoisotopic (exact) mass is 586 g/mol. The molecule has 5 heteroatoms. The molecule has 5 rings (SSSR count). The van der Waals surface area contributed by atoms with Crippen molar-refractivity contribution in [2.75, 3.05) is 0 Å². The molecule has 4 fully saturated rings. The van der Waals surface area contributed by atoms with Crippen molar-refractivity contribution in [1.82, 2.24) is 0 Å². The van der Waals surface area contributed by atoms with E-state index < -0.39 is 56.3 Å². The number of carbonyl (C=O) groups excluding carboxylic acids is 4. The van der Waals surface area contributed by atoms with Gasteiger partial charge < -0.3 is 5.11 Å². The van der Waals surface area contributed by atoms with E-state index in [4.69, 9.17) is 0 Å². The van der Waals surface area contributed by atoms with E-state index in [0.29, 0.717) is 12.0 Å². The van der Waals surface area contributed by atoms with E-state index in [1.54, 1.807) is 44.2 Å². The number of hydrogen-bond donors (Lipinski definition) is 1. The van der Waals surface area contributed by atoms with Crippen molar-refractivity contribution in [3.63, 3.8) is 0 Å². The van der Waals surface area contributed by atoms with Crippen molar-refractivity contribution in [2.24, 2.45) is 33.5 Å². The zero-order valence-corrected chi connectivity index (χ0v) is 27.6. The Hall–Kier alpha value is -2.92. The number of carbonyl (C=O) groups is 4. The molecule has 43 heavy (non-hydrogen) atoms. The minimum absolute atomic E-state index is 0.0621. The third-order valence-corrected chi connectivity index (χ3v) is 11.0. The summed E-state index contributed by atoms with van der Waals surface area (Å²) in [4.78, 5) is 60.7. The Balaban J connectivity index is 2.06. The van der Waals surface area contributed by atoms with Gasteiger partial charge in [-0.15, -0.1) is 0 Å². The van der Waals surface area contributed by atoms with Gasteiger partial charge in [-0.25, -0.2) is 0 Å². The standard InChI is InChI=1S/C38H50O5/c1-24(2)14-13-15-26(5)19-20-36-23-28-22-29(35(8,9)43)37(31(36)40,21-18-25(3)4)33(42)38(32(36)41,34(28,6)7)30(39)27-16-11-10-12-17-27/h10-12,14,16-19,28-29,43H,13,15,20-23H2,1-9H3/b26-19+/t28-,29-,36-,37+,38-/m0/s1. The van der Waals surface area contributed by atoms with Crippen LogP contribution in [0.5, 0.6) is 0 Å². The van der Waals surface area contributed by atoms with Gasteiger partial charge in [0.1, 0.15) is 0 Å². The molecule has 1 aromatic carbocycles. The van der Waals surface area contributed by atoms with Crippen LogP contribution in [0.2, 0.25) is 0 Å². The van der Waals surface area contributed by atoms with E-state index in [1.165, 1.54) is 5.57 Å². The Labute approximate surface area is 257 Å². The summed E-state index contributed by atoms with van der Waals surface area (Å²) in [6.45, 7) is 17.0. The van der Waals surface area contributed by atoms with Crippen molar-refractivity contribution in [2.45, 2.75) is 106 Å². The van der Waals surface area contributed by atoms with E-state index in [1.807, 2.05) is 46.8 Å². The Kier molecular flexibility index (Phi) is 8.60. The molecular weight excluding hydrogens is 536 g/mol. The highest BCUT2D eigenvalue weighted by Gasteiger charge is 2.84. The number of hydrogen-bond acceptors (Lipinski definition) is 5. The summed E-state index contributed by atoms with van der Waals surface area (Å²) in [6, 6.07) is 8.59. The molecule has 0 saturated heterocycles. The first-order valence-electron chi connectivity index (χ1n) is 15.8. The number of aliphatic hydroxyl groups is 1. The number of ketones is 4. The van der Waals surface area contributed by atoms with Crippen molar-refractivity contribution in [1.29, 1.82) is 0 Å². The molecule has 5 nitrogen and oxygen atoms in total. The van der Waals surface area contributed by atoms with E-state index in [0.717, 1.165) is 24.0 Å². The van der Waals surface area contributed by atoms with Gasteiger partial charge >= 0.3 is 0 Å². The highest BCUT2D eigenvalue weighted by molar-refractivity contribution is 6.42. The zero-order chi connectivity index (χ0) is 32.2. The maximum atomic E-state index is 15.4. The van der Waals surface area contributed by atoms with Crippen LogP contribution in [0, 0.1) is 33.5 Å². The first kappa shape index (κ1) is 33.0. The molecule has 4 bridgehead atoms. The van der Waals surface area contributed by atoms with Crippen molar-refractivity contribution in [3.8, 4) is 0 Å². The number of allylic oxidation sites excluding steroid dienone is 6. The lowest BCUT2D eigenvalue weighted by atomic mass is 9.36. The normalized spacial score (nSPS) is 31.6. The summed E-state index contributed by atoms with van der Waals surface area (Å²) in [5.41, 5.74) is -4.19. The first-order chi connectivity index (χ1) is 19.9. The molecule has 1 aromatic rings. The summed E-state index contributed by atoms with van der Waals surface area (Å²) >= 11 is 0. The van der Waals surface area contributed by atoms with E-state index in [2.05, 4.69) is 19.9 Å².